The molecule has 2 nitrogen and oxygen atoms in total. The van der Waals surface area contributed by atoms with Gasteiger partial charge in [0.1, 0.15) is 0 Å². The Morgan fingerprint density at radius 3 is 2.64 bits per heavy atom. The molecule has 0 aromatic carbocycles. The predicted octanol–water partition coefficient (Wildman–Crippen LogP) is 1.70. The van der Waals surface area contributed by atoms with Crippen LogP contribution in [0.4, 0.5) is 0 Å². The summed E-state index contributed by atoms with van der Waals surface area (Å²) in [5.41, 5.74) is 0.977. The highest BCUT2D eigenvalue weighted by Crippen LogP contribution is 2.15. The van der Waals surface area contributed by atoms with Crippen molar-refractivity contribution >= 4 is 15.9 Å². The minimum Gasteiger partial charge on any atom is -0.381 e. The van der Waals surface area contributed by atoms with E-state index >= 15 is 0 Å². The summed E-state index contributed by atoms with van der Waals surface area (Å²) in [7, 11) is 2.14. The Morgan fingerprint density at radius 2 is 2.09 bits per heavy atom. The molecule has 0 radical (unpaired) electrons. The minimum absolute atomic E-state index is 0.853. The third-order valence-corrected chi connectivity index (χ3v) is 2.97. The monoisotopic (exact) mass is 221 g/mol. The van der Waals surface area contributed by atoms with E-state index in [2.05, 4.69) is 27.9 Å². The normalized spacial score (nSPS) is 21.0. The maximum Gasteiger partial charge on any atom is 0.0539 e. The summed E-state index contributed by atoms with van der Waals surface area (Å²) in [6, 6.07) is 0. The topological polar surface area (TPSA) is 12.5 Å². The summed E-state index contributed by atoms with van der Waals surface area (Å²) in [6.45, 7) is 3.12. The number of hydrogen-bond acceptors (Lipinski definition) is 2. The van der Waals surface area contributed by atoms with E-state index in [-0.39, 0.29) is 0 Å². The van der Waals surface area contributed by atoms with Gasteiger partial charge in [-0.3, -0.25) is 4.90 Å². The van der Waals surface area contributed by atoms with E-state index in [0.717, 1.165) is 24.6 Å². The van der Waals surface area contributed by atoms with E-state index in [1.807, 2.05) is 0 Å². The molecular formula is C8H16BrNO. The molecule has 0 atom stereocenters. The molecule has 11 heavy (non-hydrogen) atoms. The number of nitrogens with zero attached hydrogens (tertiary/aromatic N) is 1. The Labute approximate surface area is 77.0 Å². The maximum absolute atomic E-state index is 5.28. The van der Waals surface area contributed by atoms with E-state index in [4.69, 9.17) is 4.74 Å². The average molecular weight is 222 g/mol. The van der Waals surface area contributed by atoms with Crippen molar-refractivity contribution in [2.45, 2.75) is 12.8 Å². The van der Waals surface area contributed by atoms with E-state index in [1.54, 1.807) is 0 Å². The number of alkyl halides is 1. The van der Waals surface area contributed by atoms with Crippen molar-refractivity contribution in [3.63, 3.8) is 0 Å². The number of rotatable bonds is 3. The molecule has 3 heteroatoms. The molecule has 0 aromatic rings. The fraction of sp³-hybridized carbons (Fsp3) is 1.00. The largest absolute Gasteiger partial charge is 0.381 e. The Kier molecular flexibility index (Phi) is 4.41. The molecule has 1 aliphatic rings. The van der Waals surface area contributed by atoms with Gasteiger partial charge in [0.05, 0.1) is 5.45 Å². The first-order chi connectivity index (χ1) is 5.33. The summed E-state index contributed by atoms with van der Waals surface area (Å²) in [5, 5.41) is 0. The van der Waals surface area contributed by atoms with Gasteiger partial charge in [-0.2, -0.15) is 0 Å². The summed E-state index contributed by atoms with van der Waals surface area (Å²) >= 11 is 3.44. The van der Waals surface area contributed by atoms with Crippen molar-refractivity contribution in [2.75, 3.05) is 32.3 Å². The van der Waals surface area contributed by atoms with Gasteiger partial charge in [0.15, 0.2) is 0 Å². The van der Waals surface area contributed by atoms with Gasteiger partial charge in [-0.15, -0.1) is 0 Å². The Morgan fingerprint density at radius 1 is 1.45 bits per heavy atom. The molecule has 1 saturated heterocycles. The van der Waals surface area contributed by atoms with E-state index < -0.39 is 0 Å². The predicted molar refractivity (Wildman–Crippen MR) is 50.0 cm³/mol. The molecule has 0 aromatic heterocycles. The van der Waals surface area contributed by atoms with Crippen LogP contribution in [0.2, 0.25) is 0 Å². The third-order valence-electron chi connectivity index (χ3n) is 2.11. The van der Waals surface area contributed by atoms with Gasteiger partial charge in [0.2, 0.25) is 0 Å². The molecule has 0 bridgehead atoms. The second-order valence-corrected chi connectivity index (χ2v) is 3.72. The molecule has 66 valence electrons. The first-order valence-corrected chi connectivity index (χ1v) is 5.27. The lowest BCUT2D eigenvalue weighted by Gasteiger charge is -2.25. The number of hydrogen-bond donors (Lipinski definition) is 0. The average Bonchev–Trinajstić information content (AvgIpc) is 2.06. The SMILES string of the molecule is CN(CBr)CC1CCOCC1. The lowest BCUT2D eigenvalue weighted by atomic mass is 10.0. The maximum atomic E-state index is 5.28. The van der Waals surface area contributed by atoms with Gasteiger partial charge >= 0.3 is 0 Å². The number of ether oxygens (including phenoxy) is 1. The van der Waals surface area contributed by atoms with E-state index in [0.29, 0.717) is 0 Å². The van der Waals surface area contributed by atoms with Crippen molar-refractivity contribution < 1.29 is 4.74 Å². The molecule has 1 rings (SSSR count). The zero-order valence-corrected chi connectivity index (χ0v) is 8.64. The van der Waals surface area contributed by atoms with Crippen molar-refractivity contribution in [2.24, 2.45) is 5.92 Å². The molecule has 0 aliphatic carbocycles. The Balaban J connectivity index is 2.13. The standard InChI is InChI=1S/C8H16BrNO/c1-10(7-9)6-8-2-4-11-5-3-8/h8H,2-7H2,1H3. The van der Waals surface area contributed by atoms with Crippen LogP contribution in [0.1, 0.15) is 12.8 Å². The molecule has 0 saturated carbocycles. The zero-order chi connectivity index (χ0) is 8.10. The Hall–Kier alpha value is 0.400. The molecule has 1 fully saturated rings. The van der Waals surface area contributed by atoms with Crippen molar-refractivity contribution in [3.05, 3.63) is 0 Å². The van der Waals surface area contributed by atoms with Crippen LogP contribution in [-0.2, 0) is 4.74 Å². The quantitative estimate of drug-likeness (QED) is 0.532. The van der Waals surface area contributed by atoms with Crippen LogP contribution in [0.25, 0.3) is 0 Å². The second-order valence-electron chi connectivity index (χ2n) is 3.21. The third kappa shape index (κ3) is 3.54. The van der Waals surface area contributed by atoms with E-state index in [1.165, 1.54) is 19.4 Å². The fourth-order valence-corrected chi connectivity index (χ4v) is 1.62. The van der Waals surface area contributed by atoms with Crippen molar-refractivity contribution in [1.29, 1.82) is 0 Å². The molecule has 1 aliphatic heterocycles. The molecular weight excluding hydrogens is 206 g/mol. The van der Waals surface area contributed by atoms with Crippen LogP contribution >= 0.6 is 15.9 Å². The highest BCUT2D eigenvalue weighted by Gasteiger charge is 2.14. The lowest BCUT2D eigenvalue weighted by molar-refractivity contribution is 0.0578. The summed E-state index contributed by atoms with van der Waals surface area (Å²) in [6.07, 6.45) is 2.47. The lowest BCUT2D eigenvalue weighted by Crippen LogP contribution is -2.28. The van der Waals surface area contributed by atoms with Crippen molar-refractivity contribution in [3.8, 4) is 0 Å². The molecule has 0 unspecified atom stereocenters. The fourth-order valence-electron chi connectivity index (χ4n) is 1.42. The minimum atomic E-state index is 0.853. The van der Waals surface area contributed by atoms with Crippen LogP contribution in [0.3, 0.4) is 0 Å². The molecule has 1 heterocycles. The van der Waals surface area contributed by atoms with Gasteiger partial charge in [-0.05, 0) is 25.8 Å². The second kappa shape index (κ2) is 5.12. The molecule has 0 spiro atoms. The molecule has 0 N–H and O–H groups in total. The summed E-state index contributed by atoms with van der Waals surface area (Å²) in [5.74, 6) is 0.853. The first kappa shape index (κ1) is 9.49. The smallest absolute Gasteiger partial charge is 0.0539 e. The first-order valence-electron chi connectivity index (χ1n) is 4.15. The number of halogens is 1. The van der Waals surface area contributed by atoms with Gasteiger partial charge in [0, 0.05) is 19.8 Å². The van der Waals surface area contributed by atoms with Gasteiger partial charge in [0.25, 0.3) is 0 Å². The van der Waals surface area contributed by atoms with Crippen LogP contribution in [0, 0.1) is 5.92 Å². The van der Waals surface area contributed by atoms with Crippen molar-refractivity contribution in [1.82, 2.24) is 4.90 Å². The Bertz CT molecular complexity index is 104. The van der Waals surface area contributed by atoms with Crippen LogP contribution in [0.5, 0.6) is 0 Å². The van der Waals surface area contributed by atoms with Gasteiger partial charge < -0.3 is 4.74 Å². The highest BCUT2D eigenvalue weighted by molar-refractivity contribution is 9.09. The highest BCUT2D eigenvalue weighted by atomic mass is 79.9. The zero-order valence-electron chi connectivity index (χ0n) is 7.05. The van der Waals surface area contributed by atoms with Crippen LogP contribution in [0.15, 0.2) is 0 Å². The summed E-state index contributed by atoms with van der Waals surface area (Å²) in [4.78, 5) is 2.30. The van der Waals surface area contributed by atoms with E-state index in [9.17, 15) is 0 Å². The van der Waals surface area contributed by atoms with Crippen LogP contribution in [-0.4, -0.2) is 37.2 Å². The van der Waals surface area contributed by atoms with Gasteiger partial charge in [-0.1, -0.05) is 15.9 Å². The molecule has 0 amide bonds. The summed E-state index contributed by atoms with van der Waals surface area (Å²) < 4.78 is 5.28. The van der Waals surface area contributed by atoms with Crippen LogP contribution < -0.4 is 0 Å². The van der Waals surface area contributed by atoms with Gasteiger partial charge in [-0.25, -0.2) is 0 Å².